The molecule has 0 bridgehead atoms. The van der Waals surface area contributed by atoms with Crippen molar-refractivity contribution < 1.29 is 22.8 Å². The average molecular weight is 591 g/mol. The Morgan fingerprint density at radius 2 is 1.74 bits per heavy atom. The summed E-state index contributed by atoms with van der Waals surface area (Å²) < 4.78 is 27.5. The second-order valence-corrected chi connectivity index (χ2v) is 11.3. The third-order valence-electron chi connectivity index (χ3n) is 5.87. The molecule has 0 radical (unpaired) electrons. The first kappa shape index (κ1) is 28.3. The molecule has 1 aromatic heterocycles. The number of aromatic amines is 1. The first-order valence-corrected chi connectivity index (χ1v) is 13.9. The molecular weight excluding hydrogens is 567 g/mol. The molecule has 1 atom stereocenters. The number of amides is 3. The molecule has 0 spiro atoms. The lowest BCUT2D eigenvalue weighted by atomic mass is 10.2. The minimum atomic E-state index is -3.83. The van der Waals surface area contributed by atoms with E-state index in [-0.39, 0.29) is 50.9 Å². The molecule has 2 heterocycles. The summed E-state index contributed by atoms with van der Waals surface area (Å²) in [5, 5.41) is 14.7. The van der Waals surface area contributed by atoms with Gasteiger partial charge < -0.3 is 16.0 Å². The monoisotopic (exact) mass is 590 g/mol. The van der Waals surface area contributed by atoms with Crippen LogP contribution in [-0.4, -0.2) is 59.8 Å². The smallest absolute Gasteiger partial charge is 0.271 e. The Labute approximate surface area is 234 Å². The highest BCUT2D eigenvalue weighted by Crippen LogP contribution is 2.26. The number of allylic oxidation sites excluding steroid dienone is 1. The molecule has 0 aliphatic carbocycles. The maximum Gasteiger partial charge on any atom is 0.271 e. The number of carbonyl (C=O) groups is 3. The maximum atomic E-state index is 13.1. The van der Waals surface area contributed by atoms with E-state index < -0.39 is 27.9 Å². The molecule has 14 heteroatoms. The minimum Gasteiger partial charge on any atom is -0.347 e. The molecule has 204 valence electrons. The predicted molar refractivity (Wildman–Crippen MR) is 148 cm³/mol. The third-order valence-corrected chi connectivity index (χ3v) is 8.38. The number of rotatable bonds is 8. The fourth-order valence-corrected chi connectivity index (χ4v) is 6.04. The Hall–Kier alpha value is -3.71. The van der Waals surface area contributed by atoms with Crippen molar-refractivity contribution in [1.82, 2.24) is 19.8 Å². The molecule has 1 unspecified atom stereocenters. The van der Waals surface area contributed by atoms with Gasteiger partial charge in [-0.05, 0) is 55.8 Å². The quantitative estimate of drug-likeness (QED) is 0.293. The highest BCUT2D eigenvalue weighted by atomic mass is 35.5. The Morgan fingerprint density at radius 1 is 1.05 bits per heavy atom. The fourth-order valence-electron chi connectivity index (χ4n) is 3.97. The standard InChI is InChI=1S/C25H24Cl2N6O5S/c1-2-4-21(34)29-15-7-9-17(10-8-15)39(37,38)33-12-11-16(14-33)30-25(36)23-20(13-28-32-23)31-24(35)22-18(26)5-3-6-19(22)27/h2-10,13,16H,11-12,14H2,1H3,(H,28,32)(H,29,34)(H,30,36)(H,31,35). The van der Waals surface area contributed by atoms with Gasteiger partial charge in [-0.1, -0.05) is 35.3 Å². The molecule has 4 rings (SSSR count). The minimum absolute atomic E-state index is 0.0108. The number of hydrogen-bond donors (Lipinski definition) is 4. The Balaban J connectivity index is 1.38. The molecule has 0 saturated carbocycles. The molecular formula is C25H24Cl2N6O5S. The number of aromatic nitrogens is 2. The number of halogens is 2. The van der Waals surface area contributed by atoms with Crippen molar-refractivity contribution in [2.75, 3.05) is 23.7 Å². The SMILES string of the molecule is CC=CC(=O)Nc1ccc(S(=O)(=O)N2CCC(NC(=O)c3[nH]ncc3NC(=O)c3c(Cl)cccc3Cl)C2)cc1. The largest absolute Gasteiger partial charge is 0.347 e. The molecule has 1 aliphatic rings. The van der Waals surface area contributed by atoms with Gasteiger partial charge >= 0.3 is 0 Å². The molecule has 3 aromatic rings. The van der Waals surface area contributed by atoms with Crippen LogP contribution in [0.15, 0.2) is 65.7 Å². The topological polar surface area (TPSA) is 153 Å². The number of carbonyl (C=O) groups excluding carboxylic acids is 3. The van der Waals surface area contributed by atoms with E-state index in [0.29, 0.717) is 12.1 Å². The van der Waals surface area contributed by atoms with Crippen molar-refractivity contribution in [2.24, 2.45) is 0 Å². The zero-order valence-corrected chi connectivity index (χ0v) is 22.9. The van der Waals surface area contributed by atoms with E-state index in [1.54, 1.807) is 19.1 Å². The summed E-state index contributed by atoms with van der Waals surface area (Å²) in [6, 6.07) is 10.0. The summed E-state index contributed by atoms with van der Waals surface area (Å²) in [6.07, 6.45) is 4.61. The summed E-state index contributed by atoms with van der Waals surface area (Å²) in [5.74, 6) is -1.51. The van der Waals surface area contributed by atoms with Gasteiger partial charge in [-0.2, -0.15) is 9.40 Å². The Bertz CT molecular complexity index is 1520. The molecule has 4 N–H and O–H groups in total. The molecule has 1 fully saturated rings. The molecule has 2 aromatic carbocycles. The number of nitrogens with one attached hydrogen (secondary N) is 4. The summed E-state index contributed by atoms with van der Waals surface area (Å²) in [7, 11) is -3.83. The summed E-state index contributed by atoms with van der Waals surface area (Å²) in [6.45, 7) is 1.97. The summed E-state index contributed by atoms with van der Waals surface area (Å²) in [4.78, 5) is 37.4. The van der Waals surface area contributed by atoms with Gasteiger partial charge in [-0.3, -0.25) is 19.5 Å². The molecule has 3 amide bonds. The van der Waals surface area contributed by atoms with Crippen LogP contribution in [0.5, 0.6) is 0 Å². The average Bonchev–Trinajstić information content (AvgIpc) is 3.54. The molecule has 11 nitrogen and oxygen atoms in total. The number of H-pyrrole nitrogens is 1. The van der Waals surface area contributed by atoms with Gasteiger partial charge in [0.05, 0.1) is 32.4 Å². The molecule has 1 saturated heterocycles. The number of nitrogens with zero attached hydrogens (tertiary/aromatic N) is 2. The zero-order valence-electron chi connectivity index (χ0n) is 20.6. The highest BCUT2D eigenvalue weighted by Gasteiger charge is 2.34. The van der Waals surface area contributed by atoms with Gasteiger partial charge in [0.1, 0.15) is 5.69 Å². The first-order chi connectivity index (χ1) is 18.6. The van der Waals surface area contributed by atoms with Gasteiger partial charge in [0, 0.05) is 24.8 Å². The van der Waals surface area contributed by atoms with E-state index in [1.165, 1.54) is 53.0 Å². The van der Waals surface area contributed by atoms with Gasteiger partial charge in [0.2, 0.25) is 15.9 Å². The highest BCUT2D eigenvalue weighted by molar-refractivity contribution is 7.89. The summed E-state index contributed by atoms with van der Waals surface area (Å²) in [5.41, 5.74) is 0.613. The molecule has 1 aliphatic heterocycles. The zero-order chi connectivity index (χ0) is 28.2. The van der Waals surface area contributed by atoms with Crippen LogP contribution in [0.3, 0.4) is 0 Å². The van der Waals surface area contributed by atoms with Gasteiger partial charge in [-0.15, -0.1) is 0 Å². The lowest BCUT2D eigenvalue weighted by Crippen LogP contribution is -2.39. The number of sulfonamides is 1. The first-order valence-electron chi connectivity index (χ1n) is 11.7. The van der Waals surface area contributed by atoms with Gasteiger partial charge in [-0.25, -0.2) is 8.42 Å². The van der Waals surface area contributed by atoms with Crippen LogP contribution in [0, 0.1) is 0 Å². The van der Waals surface area contributed by atoms with Crippen molar-refractivity contribution >= 4 is 62.3 Å². The van der Waals surface area contributed by atoms with Crippen molar-refractivity contribution in [3.63, 3.8) is 0 Å². The van der Waals surface area contributed by atoms with Crippen LogP contribution in [0.1, 0.15) is 34.2 Å². The van der Waals surface area contributed by atoms with E-state index in [1.807, 2.05) is 0 Å². The Kier molecular flexibility index (Phi) is 8.70. The maximum absolute atomic E-state index is 13.1. The second kappa shape index (κ2) is 12.0. The third kappa shape index (κ3) is 6.48. The van der Waals surface area contributed by atoms with Crippen LogP contribution in [0.4, 0.5) is 11.4 Å². The van der Waals surface area contributed by atoms with E-state index >= 15 is 0 Å². The summed E-state index contributed by atoms with van der Waals surface area (Å²) >= 11 is 12.2. The van der Waals surface area contributed by atoms with Crippen LogP contribution >= 0.6 is 23.2 Å². The van der Waals surface area contributed by atoms with Crippen molar-refractivity contribution in [3.05, 3.63) is 82.1 Å². The number of benzene rings is 2. The van der Waals surface area contributed by atoms with E-state index in [0.717, 1.165) is 0 Å². The van der Waals surface area contributed by atoms with Gasteiger partial charge in [0.25, 0.3) is 11.8 Å². The second-order valence-electron chi connectivity index (χ2n) is 8.55. The van der Waals surface area contributed by atoms with Crippen LogP contribution in [0.2, 0.25) is 10.0 Å². The normalized spacial score (nSPS) is 15.8. The van der Waals surface area contributed by atoms with E-state index in [9.17, 15) is 22.8 Å². The van der Waals surface area contributed by atoms with Crippen LogP contribution < -0.4 is 16.0 Å². The number of hydrogen-bond acceptors (Lipinski definition) is 6. The van der Waals surface area contributed by atoms with E-state index in [4.69, 9.17) is 23.2 Å². The Morgan fingerprint density at radius 3 is 2.41 bits per heavy atom. The van der Waals surface area contributed by atoms with Crippen LogP contribution in [0.25, 0.3) is 0 Å². The molecule has 39 heavy (non-hydrogen) atoms. The van der Waals surface area contributed by atoms with Crippen molar-refractivity contribution in [1.29, 1.82) is 0 Å². The van der Waals surface area contributed by atoms with Crippen molar-refractivity contribution in [2.45, 2.75) is 24.3 Å². The fraction of sp³-hybridized carbons (Fsp3) is 0.200. The van der Waals surface area contributed by atoms with Gasteiger partial charge in [0.15, 0.2) is 0 Å². The number of anilines is 2. The van der Waals surface area contributed by atoms with Crippen molar-refractivity contribution in [3.8, 4) is 0 Å². The van der Waals surface area contributed by atoms with Crippen LogP contribution in [-0.2, 0) is 14.8 Å². The lowest BCUT2D eigenvalue weighted by Gasteiger charge is -2.17. The van der Waals surface area contributed by atoms with E-state index in [2.05, 4.69) is 26.1 Å². The predicted octanol–water partition coefficient (Wildman–Crippen LogP) is 3.68. The lowest BCUT2D eigenvalue weighted by molar-refractivity contribution is -0.111.